The lowest BCUT2D eigenvalue weighted by Crippen LogP contribution is -2.39. The average Bonchev–Trinajstić information content (AvgIpc) is 2.98. The van der Waals surface area contributed by atoms with E-state index in [0.29, 0.717) is 24.4 Å². The molecular weight excluding hydrogens is 366 g/mol. The van der Waals surface area contributed by atoms with Crippen molar-refractivity contribution in [3.05, 3.63) is 48.0 Å². The minimum atomic E-state index is -3.58. The van der Waals surface area contributed by atoms with Crippen molar-refractivity contribution in [3.63, 3.8) is 0 Å². The molecule has 1 atom stereocenters. The number of hydrogen-bond acceptors (Lipinski definition) is 4. The van der Waals surface area contributed by atoms with Gasteiger partial charge >= 0.3 is 6.03 Å². The van der Waals surface area contributed by atoms with E-state index in [4.69, 9.17) is 4.74 Å². The van der Waals surface area contributed by atoms with Crippen molar-refractivity contribution in [1.29, 1.82) is 0 Å². The first kappa shape index (κ1) is 19.2. The summed E-state index contributed by atoms with van der Waals surface area (Å²) in [7, 11) is -2.22. The summed E-state index contributed by atoms with van der Waals surface area (Å²) >= 11 is 0. The normalized spacial score (nSPS) is 16.1. The van der Waals surface area contributed by atoms with Crippen molar-refractivity contribution in [3.8, 4) is 5.75 Å². The number of urea groups is 1. The molecule has 1 aliphatic rings. The molecule has 3 rings (SSSR count). The number of fused-ring (bicyclic) bond motifs is 1. The first-order valence-corrected chi connectivity index (χ1v) is 10.2. The van der Waals surface area contributed by atoms with Crippen LogP contribution >= 0.6 is 0 Å². The fourth-order valence-corrected chi connectivity index (χ4v) is 3.92. The van der Waals surface area contributed by atoms with Gasteiger partial charge in [-0.25, -0.2) is 17.9 Å². The number of amides is 2. The molecule has 0 aliphatic carbocycles. The van der Waals surface area contributed by atoms with Crippen LogP contribution in [-0.2, 0) is 16.4 Å². The van der Waals surface area contributed by atoms with Crippen molar-refractivity contribution >= 4 is 27.4 Å². The van der Waals surface area contributed by atoms with Gasteiger partial charge < -0.3 is 10.1 Å². The second kappa shape index (κ2) is 7.58. The molecule has 2 aromatic rings. The van der Waals surface area contributed by atoms with Crippen molar-refractivity contribution in [1.82, 2.24) is 4.72 Å². The Morgan fingerprint density at radius 3 is 2.56 bits per heavy atom. The zero-order chi connectivity index (χ0) is 19.6. The summed E-state index contributed by atoms with van der Waals surface area (Å²) in [5, 5.41) is 2.86. The number of hydrogen-bond donors (Lipinski definition) is 2. The molecule has 0 aromatic heterocycles. The number of rotatable bonds is 5. The fourth-order valence-electron chi connectivity index (χ4n) is 3.17. The van der Waals surface area contributed by atoms with E-state index in [1.54, 1.807) is 47.4 Å². The van der Waals surface area contributed by atoms with Crippen LogP contribution in [0.1, 0.15) is 19.4 Å². The zero-order valence-corrected chi connectivity index (χ0v) is 16.3. The Morgan fingerprint density at radius 2 is 1.93 bits per heavy atom. The zero-order valence-electron chi connectivity index (χ0n) is 15.5. The third-order valence-electron chi connectivity index (χ3n) is 4.49. The van der Waals surface area contributed by atoms with Crippen LogP contribution in [0.15, 0.2) is 47.4 Å². The van der Waals surface area contributed by atoms with Crippen LogP contribution in [0.3, 0.4) is 0 Å². The molecule has 1 heterocycles. The maximum absolute atomic E-state index is 12.8. The van der Waals surface area contributed by atoms with Crippen molar-refractivity contribution in [2.75, 3.05) is 23.9 Å². The van der Waals surface area contributed by atoms with Crippen LogP contribution in [0.5, 0.6) is 5.75 Å². The first-order valence-electron chi connectivity index (χ1n) is 8.75. The summed E-state index contributed by atoms with van der Waals surface area (Å²) in [6, 6.07) is 11.6. The third-order valence-corrected chi connectivity index (χ3v) is 5.90. The van der Waals surface area contributed by atoms with Gasteiger partial charge in [0, 0.05) is 11.7 Å². The minimum absolute atomic E-state index is 0.0739. The molecule has 0 fully saturated rings. The molecule has 0 bridgehead atoms. The maximum atomic E-state index is 12.8. The van der Waals surface area contributed by atoms with E-state index in [0.717, 1.165) is 11.3 Å². The molecule has 1 unspecified atom stereocenters. The Bertz CT molecular complexity index is 942. The lowest BCUT2D eigenvalue weighted by atomic mass is 10.1. The quantitative estimate of drug-likeness (QED) is 0.823. The number of benzene rings is 2. The topological polar surface area (TPSA) is 87.7 Å². The molecule has 144 valence electrons. The molecule has 0 radical (unpaired) electrons. The molecule has 0 spiro atoms. The highest BCUT2D eigenvalue weighted by molar-refractivity contribution is 7.89. The summed E-state index contributed by atoms with van der Waals surface area (Å²) in [6.07, 6.45) is 0.673. The van der Waals surface area contributed by atoms with Gasteiger partial charge in [-0.3, -0.25) is 4.90 Å². The van der Waals surface area contributed by atoms with Gasteiger partial charge in [0.15, 0.2) is 0 Å². The lowest BCUT2D eigenvalue weighted by molar-refractivity contribution is 0.255. The average molecular weight is 389 g/mol. The molecule has 2 aromatic carbocycles. The van der Waals surface area contributed by atoms with Gasteiger partial charge in [0.25, 0.3) is 0 Å². The van der Waals surface area contributed by atoms with Gasteiger partial charge in [-0.2, -0.15) is 0 Å². The molecule has 7 nitrogen and oxygen atoms in total. The van der Waals surface area contributed by atoms with Crippen molar-refractivity contribution in [2.24, 2.45) is 0 Å². The van der Waals surface area contributed by atoms with Crippen LogP contribution in [0.2, 0.25) is 0 Å². The molecule has 2 amide bonds. The maximum Gasteiger partial charge on any atom is 0.326 e. The molecule has 27 heavy (non-hydrogen) atoms. The monoisotopic (exact) mass is 389 g/mol. The van der Waals surface area contributed by atoms with E-state index in [-0.39, 0.29) is 17.0 Å². The van der Waals surface area contributed by atoms with E-state index < -0.39 is 10.0 Å². The van der Waals surface area contributed by atoms with Crippen LogP contribution < -0.4 is 19.7 Å². The summed E-state index contributed by atoms with van der Waals surface area (Å²) in [5.74, 6) is 0.734. The highest BCUT2D eigenvalue weighted by Crippen LogP contribution is 2.34. The summed E-state index contributed by atoms with van der Waals surface area (Å²) < 4.78 is 31.9. The SMILES string of the molecule is CCOc1ccc(NC(=O)N2c3cc(S(=O)(=O)NC)ccc3CC2C)cc1. The van der Waals surface area contributed by atoms with Crippen LogP contribution in [-0.4, -0.2) is 34.1 Å². The fraction of sp³-hybridized carbons (Fsp3) is 0.316. The molecule has 8 heteroatoms. The standard InChI is InChI=1S/C19H23N3O4S/c1-4-26-16-8-6-15(7-9-16)21-19(23)22-13(2)11-14-5-10-17(12-18(14)22)27(24,25)20-3/h5-10,12-13,20H,4,11H2,1-3H3,(H,21,23). The van der Waals surface area contributed by atoms with Gasteiger partial charge in [-0.05, 0) is 69.3 Å². The van der Waals surface area contributed by atoms with Gasteiger partial charge in [-0.1, -0.05) is 6.07 Å². The van der Waals surface area contributed by atoms with Gasteiger partial charge in [0.1, 0.15) is 5.75 Å². The minimum Gasteiger partial charge on any atom is -0.494 e. The largest absolute Gasteiger partial charge is 0.494 e. The number of nitrogens with one attached hydrogen (secondary N) is 2. The number of anilines is 2. The Morgan fingerprint density at radius 1 is 1.22 bits per heavy atom. The van der Waals surface area contributed by atoms with Crippen LogP contribution in [0.4, 0.5) is 16.2 Å². The predicted molar refractivity (Wildman–Crippen MR) is 105 cm³/mol. The molecule has 0 saturated carbocycles. The molecule has 1 aliphatic heterocycles. The van der Waals surface area contributed by atoms with Crippen molar-refractivity contribution < 1.29 is 17.9 Å². The van der Waals surface area contributed by atoms with Crippen LogP contribution in [0.25, 0.3) is 0 Å². The Labute approximate surface area is 159 Å². The Balaban J connectivity index is 1.85. The smallest absolute Gasteiger partial charge is 0.326 e. The number of ether oxygens (including phenoxy) is 1. The highest BCUT2D eigenvalue weighted by atomic mass is 32.2. The van der Waals surface area contributed by atoms with E-state index in [1.807, 2.05) is 13.8 Å². The first-order chi connectivity index (χ1) is 12.9. The summed E-state index contributed by atoms with van der Waals surface area (Å²) in [5.41, 5.74) is 2.20. The number of carbonyl (C=O) groups is 1. The number of sulfonamides is 1. The summed E-state index contributed by atoms with van der Waals surface area (Å²) in [6.45, 7) is 4.42. The van der Waals surface area contributed by atoms with E-state index in [1.165, 1.54) is 7.05 Å². The summed E-state index contributed by atoms with van der Waals surface area (Å²) in [4.78, 5) is 14.6. The second-order valence-corrected chi connectivity index (χ2v) is 8.20. The number of nitrogens with zero attached hydrogens (tertiary/aromatic N) is 1. The molecular formula is C19H23N3O4S. The van der Waals surface area contributed by atoms with Gasteiger partial charge in [0.05, 0.1) is 17.2 Å². The van der Waals surface area contributed by atoms with Crippen molar-refractivity contribution in [2.45, 2.75) is 31.2 Å². The van der Waals surface area contributed by atoms with Crippen LogP contribution in [0, 0.1) is 0 Å². The second-order valence-electron chi connectivity index (χ2n) is 6.31. The predicted octanol–water partition coefficient (Wildman–Crippen LogP) is 2.98. The van der Waals surface area contributed by atoms with Gasteiger partial charge in [-0.15, -0.1) is 0 Å². The highest BCUT2D eigenvalue weighted by Gasteiger charge is 2.32. The lowest BCUT2D eigenvalue weighted by Gasteiger charge is -2.23. The number of carbonyl (C=O) groups excluding carboxylic acids is 1. The Hall–Kier alpha value is -2.58. The Kier molecular flexibility index (Phi) is 5.38. The van der Waals surface area contributed by atoms with E-state index in [9.17, 15) is 13.2 Å². The van der Waals surface area contributed by atoms with E-state index in [2.05, 4.69) is 10.0 Å². The van der Waals surface area contributed by atoms with Gasteiger partial charge in [0.2, 0.25) is 10.0 Å². The van der Waals surface area contributed by atoms with E-state index >= 15 is 0 Å². The molecule has 2 N–H and O–H groups in total. The molecule has 0 saturated heterocycles. The third kappa shape index (κ3) is 3.91.